The van der Waals surface area contributed by atoms with Crippen LogP contribution in [0.4, 0.5) is 5.69 Å². The van der Waals surface area contributed by atoms with Gasteiger partial charge < -0.3 is 15.5 Å². The van der Waals surface area contributed by atoms with Crippen molar-refractivity contribution in [1.82, 2.24) is 15.1 Å². The molecular formula is C24H32N4O2. The summed E-state index contributed by atoms with van der Waals surface area (Å²) in [4.78, 5) is 28.7. The summed E-state index contributed by atoms with van der Waals surface area (Å²) in [5, 5.41) is 5.76. The largest absolute Gasteiger partial charge is 0.352 e. The molecule has 2 aromatic rings. The first-order valence-corrected chi connectivity index (χ1v) is 10.7. The normalized spacial score (nSPS) is 15.0. The predicted molar refractivity (Wildman–Crippen MR) is 121 cm³/mol. The third kappa shape index (κ3) is 6.68. The molecule has 0 saturated carbocycles. The number of rotatable bonds is 8. The molecule has 6 heteroatoms. The molecule has 1 heterocycles. The number of nitrogens with zero attached hydrogens (tertiary/aromatic N) is 2. The zero-order valence-corrected chi connectivity index (χ0v) is 18.0. The van der Waals surface area contributed by atoms with Crippen LogP contribution >= 0.6 is 0 Å². The van der Waals surface area contributed by atoms with Gasteiger partial charge in [0.2, 0.25) is 5.91 Å². The third-order valence-corrected chi connectivity index (χ3v) is 5.46. The lowest BCUT2D eigenvalue weighted by Gasteiger charge is -2.34. The van der Waals surface area contributed by atoms with Gasteiger partial charge in [0, 0.05) is 57.4 Å². The maximum atomic E-state index is 12.4. The first kappa shape index (κ1) is 22.0. The van der Waals surface area contributed by atoms with E-state index in [1.165, 1.54) is 12.5 Å². The van der Waals surface area contributed by atoms with Gasteiger partial charge in [0.25, 0.3) is 5.91 Å². The summed E-state index contributed by atoms with van der Waals surface area (Å²) in [5.41, 5.74) is 3.56. The number of nitrogens with one attached hydrogen (secondary N) is 2. The van der Waals surface area contributed by atoms with Crippen LogP contribution in [0.15, 0.2) is 48.5 Å². The number of piperazine rings is 1. The molecule has 30 heavy (non-hydrogen) atoms. The van der Waals surface area contributed by atoms with E-state index in [1.54, 1.807) is 12.1 Å². The average molecular weight is 409 g/mol. The van der Waals surface area contributed by atoms with Crippen LogP contribution in [-0.2, 0) is 11.3 Å². The van der Waals surface area contributed by atoms with Gasteiger partial charge in [-0.15, -0.1) is 0 Å². The van der Waals surface area contributed by atoms with E-state index in [4.69, 9.17) is 0 Å². The van der Waals surface area contributed by atoms with Crippen molar-refractivity contribution in [3.05, 3.63) is 65.2 Å². The predicted octanol–water partition coefficient (Wildman–Crippen LogP) is 2.89. The fourth-order valence-electron chi connectivity index (χ4n) is 3.71. The van der Waals surface area contributed by atoms with Gasteiger partial charge in [-0.25, -0.2) is 0 Å². The topological polar surface area (TPSA) is 64.7 Å². The number of carbonyl (C=O) groups is 2. The first-order chi connectivity index (χ1) is 14.5. The SMILES string of the molecule is CC(=O)Nc1cc(C(=O)NCCCN2CCN(Cc3ccccc3)CC2)ccc1C. The van der Waals surface area contributed by atoms with Gasteiger partial charge in [-0.05, 0) is 43.1 Å². The molecule has 1 aliphatic heterocycles. The van der Waals surface area contributed by atoms with Gasteiger partial charge in [-0.2, -0.15) is 0 Å². The van der Waals surface area contributed by atoms with Crippen LogP contribution in [0.25, 0.3) is 0 Å². The Morgan fingerprint density at radius 1 is 0.967 bits per heavy atom. The Morgan fingerprint density at radius 3 is 2.37 bits per heavy atom. The van der Waals surface area contributed by atoms with Gasteiger partial charge in [-0.3, -0.25) is 14.5 Å². The molecule has 0 aromatic heterocycles. The van der Waals surface area contributed by atoms with E-state index in [-0.39, 0.29) is 11.8 Å². The van der Waals surface area contributed by atoms with Gasteiger partial charge in [0.05, 0.1) is 0 Å². The van der Waals surface area contributed by atoms with Crippen molar-refractivity contribution in [3.8, 4) is 0 Å². The summed E-state index contributed by atoms with van der Waals surface area (Å²) in [6, 6.07) is 16.0. The quantitative estimate of drug-likeness (QED) is 0.660. The van der Waals surface area contributed by atoms with Crippen LogP contribution in [0.2, 0.25) is 0 Å². The van der Waals surface area contributed by atoms with Crippen molar-refractivity contribution in [2.45, 2.75) is 26.8 Å². The monoisotopic (exact) mass is 408 g/mol. The minimum absolute atomic E-state index is 0.103. The molecule has 160 valence electrons. The molecule has 0 bridgehead atoms. The molecule has 2 amide bonds. The molecule has 0 aliphatic carbocycles. The van der Waals surface area contributed by atoms with E-state index < -0.39 is 0 Å². The summed E-state index contributed by atoms with van der Waals surface area (Å²) < 4.78 is 0. The van der Waals surface area contributed by atoms with Crippen molar-refractivity contribution in [2.75, 3.05) is 44.6 Å². The summed E-state index contributed by atoms with van der Waals surface area (Å²) in [5.74, 6) is -0.242. The van der Waals surface area contributed by atoms with Crippen LogP contribution in [0, 0.1) is 6.92 Å². The Balaban J connectivity index is 1.35. The molecular weight excluding hydrogens is 376 g/mol. The average Bonchev–Trinajstić information content (AvgIpc) is 2.74. The Kier molecular flexibility index (Phi) is 7.99. The Hall–Kier alpha value is -2.70. The molecule has 2 N–H and O–H groups in total. The highest BCUT2D eigenvalue weighted by atomic mass is 16.2. The maximum absolute atomic E-state index is 12.4. The van der Waals surface area contributed by atoms with Crippen molar-refractivity contribution in [2.24, 2.45) is 0 Å². The number of hydrogen-bond donors (Lipinski definition) is 2. The number of anilines is 1. The third-order valence-electron chi connectivity index (χ3n) is 5.46. The van der Waals surface area contributed by atoms with Gasteiger partial charge in [0.15, 0.2) is 0 Å². The second kappa shape index (κ2) is 10.9. The highest BCUT2D eigenvalue weighted by molar-refractivity contribution is 5.97. The standard InChI is InChI=1S/C24H32N4O2/c1-19-9-10-22(17-23(19)26-20(2)29)24(30)25-11-6-12-27-13-15-28(16-14-27)18-21-7-4-3-5-8-21/h3-5,7-10,17H,6,11-16,18H2,1-2H3,(H,25,30)(H,26,29). The van der Waals surface area contributed by atoms with E-state index in [0.29, 0.717) is 17.8 Å². The molecule has 6 nitrogen and oxygen atoms in total. The number of carbonyl (C=O) groups excluding carboxylic acids is 2. The van der Waals surface area contributed by atoms with Crippen LogP contribution in [0.3, 0.4) is 0 Å². The zero-order chi connectivity index (χ0) is 21.3. The Labute approximate surface area is 179 Å². The van der Waals surface area contributed by atoms with E-state index in [9.17, 15) is 9.59 Å². The fraction of sp³-hybridized carbons (Fsp3) is 0.417. The molecule has 1 saturated heterocycles. The van der Waals surface area contributed by atoms with Gasteiger partial charge >= 0.3 is 0 Å². The molecule has 0 unspecified atom stereocenters. The Bertz CT molecular complexity index is 846. The van der Waals surface area contributed by atoms with E-state index in [1.807, 2.05) is 13.0 Å². The minimum atomic E-state index is -0.139. The highest BCUT2D eigenvalue weighted by Gasteiger charge is 2.16. The maximum Gasteiger partial charge on any atom is 0.251 e. The first-order valence-electron chi connectivity index (χ1n) is 10.7. The number of amides is 2. The summed E-state index contributed by atoms with van der Waals surface area (Å²) in [7, 11) is 0. The smallest absolute Gasteiger partial charge is 0.251 e. The fourth-order valence-corrected chi connectivity index (χ4v) is 3.71. The van der Waals surface area contributed by atoms with Crippen LogP contribution in [0.5, 0.6) is 0 Å². The van der Waals surface area contributed by atoms with Crippen molar-refractivity contribution in [1.29, 1.82) is 0 Å². The van der Waals surface area contributed by atoms with Crippen LogP contribution < -0.4 is 10.6 Å². The molecule has 0 atom stereocenters. The molecule has 1 fully saturated rings. The molecule has 0 radical (unpaired) electrons. The van der Waals surface area contributed by atoms with Crippen LogP contribution in [0.1, 0.15) is 34.8 Å². The van der Waals surface area contributed by atoms with Crippen molar-refractivity contribution in [3.63, 3.8) is 0 Å². The zero-order valence-electron chi connectivity index (χ0n) is 18.0. The summed E-state index contributed by atoms with van der Waals surface area (Å²) in [6.45, 7) is 10.3. The lowest BCUT2D eigenvalue weighted by atomic mass is 10.1. The molecule has 2 aromatic carbocycles. The molecule has 0 spiro atoms. The summed E-state index contributed by atoms with van der Waals surface area (Å²) >= 11 is 0. The summed E-state index contributed by atoms with van der Waals surface area (Å²) in [6.07, 6.45) is 0.925. The molecule has 3 rings (SSSR count). The van der Waals surface area contributed by atoms with Gasteiger partial charge in [-0.1, -0.05) is 36.4 Å². The van der Waals surface area contributed by atoms with E-state index in [2.05, 4.69) is 50.8 Å². The minimum Gasteiger partial charge on any atom is -0.352 e. The number of benzene rings is 2. The van der Waals surface area contributed by atoms with Gasteiger partial charge in [0.1, 0.15) is 0 Å². The van der Waals surface area contributed by atoms with E-state index in [0.717, 1.165) is 51.3 Å². The van der Waals surface area contributed by atoms with Crippen molar-refractivity contribution >= 4 is 17.5 Å². The highest BCUT2D eigenvalue weighted by Crippen LogP contribution is 2.17. The second-order valence-corrected chi connectivity index (χ2v) is 7.92. The van der Waals surface area contributed by atoms with Crippen molar-refractivity contribution < 1.29 is 9.59 Å². The number of hydrogen-bond acceptors (Lipinski definition) is 4. The second-order valence-electron chi connectivity index (χ2n) is 7.92. The molecule has 1 aliphatic rings. The number of aryl methyl sites for hydroxylation is 1. The lowest BCUT2D eigenvalue weighted by molar-refractivity contribution is -0.114. The van der Waals surface area contributed by atoms with Crippen LogP contribution in [-0.4, -0.2) is 60.9 Å². The Morgan fingerprint density at radius 2 is 1.67 bits per heavy atom. The lowest BCUT2D eigenvalue weighted by Crippen LogP contribution is -2.46. The van der Waals surface area contributed by atoms with E-state index >= 15 is 0 Å².